The van der Waals surface area contributed by atoms with Gasteiger partial charge in [0.15, 0.2) is 0 Å². The summed E-state index contributed by atoms with van der Waals surface area (Å²) in [6.45, 7) is 5.29. The summed E-state index contributed by atoms with van der Waals surface area (Å²) in [5, 5.41) is 7.44. The lowest BCUT2D eigenvalue weighted by atomic mass is 10.0. The van der Waals surface area contributed by atoms with Crippen LogP contribution in [0, 0.1) is 0 Å². The van der Waals surface area contributed by atoms with Gasteiger partial charge in [-0.15, -0.1) is 11.3 Å². The molecular weight excluding hydrogens is 478 g/mol. The lowest BCUT2D eigenvalue weighted by Gasteiger charge is -2.34. The van der Waals surface area contributed by atoms with Crippen LogP contribution in [0.5, 0.6) is 11.5 Å². The van der Waals surface area contributed by atoms with Gasteiger partial charge in [-0.25, -0.2) is 0 Å². The lowest BCUT2D eigenvalue weighted by molar-refractivity contribution is -0.127. The minimum absolute atomic E-state index is 0.317. The number of benzene rings is 2. The number of anilines is 1. The maximum Gasteiger partial charge on any atom is 0.261 e. The second-order valence-electron chi connectivity index (χ2n) is 9.05. The third-order valence-electron chi connectivity index (χ3n) is 5.15. The quantitative estimate of drug-likeness (QED) is 0.451. The topological polar surface area (TPSA) is 97.0 Å². The largest absolute Gasteiger partial charge is 0.497 e. The first-order valence-corrected chi connectivity index (χ1v) is 12.2. The van der Waals surface area contributed by atoms with E-state index in [9.17, 15) is 14.4 Å². The second kappa shape index (κ2) is 11.7. The SMILES string of the molecule is COc1cc(OC)cc(N(C(=O)CNC(=O)c2cccs2)[C@H](C(=O)NC(C)(C)C)c2ccccc2)c1. The first-order valence-electron chi connectivity index (χ1n) is 11.4. The fraction of sp³-hybridized carbons (Fsp3) is 0.296. The molecule has 0 fully saturated rings. The summed E-state index contributed by atoms with van der Waals surface area (Å²) in [6.07, 6.45) is 0. The Kier molecular flexibility index (Phi) is 8.71. The number of amides is 3. The smallest absolute Gasteiger partial charge is 0.261 e. The van der Waals surface area contributed by atoms with Gasteiger partial charge in [0.1, 0.15) is 17.5 Å². The van der Waals surface area contributed by atoms with E-state index in [0.29, 0.717) is 27.6 Å². The molecule has 1 heterocycles. The molecule has 0 aliphatic carbocycles. The van der Waals surface area contributed by atoms with Gasteiger partial charge in [0.05, 0.1) is 31.3 Å². The number of carbonyl (C=O) groups excluding carboxylic acids is 3. The summed E-state index contributed by atoms with van der Waals surface area (Å²) in [7, 11) is 3.01. The average Bonchev–Trinajstić information content (AvgIpc) is 3.39. The molecular formula is C27H31N3O5S. The molecule has 8 nitrogen and oxygen atoms in total. The van der Waals surface area contributed by atoms with Gasteiger partial charge in [-0.05, 0) is 37.8 Å². The second-order valence-corrected chi connectivity index (χ2v) is 9.99. The van der Waals surface area contributed by atoms with Crippen molar-refractivity contribution in [2.75, 3.05) is 25.7 Å². The molecule has 1 aromatic heterocycles. The van der Waals surface area contributed by atoms with Gasteiger partial charge in [-0.3, -0.25) is 19.3 Å². The Balaban J connectivity index is 2.08. The van der Waals surface area contributed by atoms with Gasteiger partial charge in [-0.2, -0.15) is 0 Å². The van der Waals surface area contributed by atoms with E-state index < -0.39 is 17.5 Å². The zero-order valence-corrected chi connectivity index (χ0v) is 21.8. The van der Waals surface area contributed by atoms with Crippen LogP contribution in [0.2, 0.25) is 0 Å². The third kappa shape index (κ3) is 6.85. The summed E-state index contributed by atoms with van der Waals surface area (Å²) >= 11 is 1.28. The van der Waals surface area contributed by atoms with Crippen LogP contribution < -0.4 is 25.0 Å². The van der Waals surface area contributed by atoms with Crippen LogP contribution in [0.4, 0.5) is 5.69 Å². The fourth-order valence-corrected chi connectivity index (χ4v) is 4.24. The number of ether oxygens (including phenoxy) is 2. The van der Waals surface area contributed by atoms with Crippen LogP contribution in [-0.2, 0) is 9.59 Å². The van der Waals surface area contributed by atoms with Gasteiger partial charge >= 0.3 is 0 Å². The van der Waals surface area contributed by atoms with E-state index in [1.165, 1.54) is 30.5 Å². The summed E-state index contributed by atoms with van der Waals surface area (Å²) in [5.41, 5.74) is 0.455. The van der Waals surface area contributed by atoms with Crippen LogP contribution >= 0.6 is 11.3 Å². The Morgan fingerprint density at radius 1 is 0.944 bits per heavy atom. The van der Waals surface area contributed by atoms with Gasteiger partial charge < -0.3 is 20.1 Å². The number of hydrogen-bond acceptors (Lipinski definition) is 6. The van der Waals surface area contributed by atoms with Crippen LogP contribution in [-0.4, -0.2) is 44.0 Å². The standard InChI is InChI=1S/C27H31N3O5S/c1-27(2,3)29-26(33)24(18-10-7-6-8-11-18)30(19-14-20(34-4)16-21(15-19)35-5)23(31)17-28-25(32)22-12-9-13-36-22/h6-16,24H,17H2,1-5H3,(H,28,32)(H,29,33)/t24-/m0/s1. The number of hydrogen-bond donors (Lipinski definition) is 2. The van der Waals surface area contributed by atoms with Gasteiger partial charge in [0.2, 0.25) is 11.8 Å². The van der Waals surface area contributed by atoms with Gasteiger partial charge in [-0.1, -0.05) is 36.4 Å². The average molecular weight is 510 g/mol. The molecule has 9 heteroatoms. The lowest BCUT2D eigenvalue weighted by Crippen LogP contribution is -2.51. The molecule has 3 rings (SSSR count). The summed E-state index contributed by atoms with van der Waals surface area (Å²) in [6, 6.07) is 16.4. The molecule has 2 aromatic carbocycles. The number of thiophene rings is 1. The first kappa shape index (κ1) is 26.7. The maximum atomic E-state index is 13.8. The minimum Gasteiger partial charge on any atom is -0.497 e. The molecule has 190 valence electrons. The van der Waals surface area contributed by atoms with Crippen molar-refractivity contribution in [3.63, 3.8) is 0 Å². The Morgan fingerprint density at radius 2 is 1.58 bits per heavy atom. The van der Waals surface area contributed by atoms with Crippen molar-refractivity contribution in [3.05, 3.63) is 76.5 Å². The van der Waals surface area contributed by atoms with E-state index in [2.05, 4.69) is 10.6 Å². The van der Waals surface area contributed by atoms with Crippen molar-refractivity contribution in [1.29, 1.82) is 0 Å². The molecule has 0 aliphatic heterocycles. The van der Waals surface area contributed by atoms with Crippen molar-refractivity contribution >= 4 is 34.7 Å². The Labute approximate surface area is 215 Å². The molecule has 0 bridgehead atoms. The molecule has 0 saturated heterocycles. The predicted molar refractivity (Wildman–Crippen MR) is 141 cm³/mol. The highest BCUT2D eigenvalue weighted by Gasteiger charge is 2.35. The molecule has 0 aliphatic rings. The maximum absolute atomic E-state index is 13.8. The van der Waals surface area contributed by atoms with Crippen LogP contribution in [0.1, 0.15) is 42.0 Å². The molecule has 0 saturated carbocycles. The third-order valence-corrected chi connectivity index (χ3v) is 6.02. The van der Waals surface area contributed by atoms with Crippen molar-refractivity contribution < 1.29 is 23.9 Å². The Bertz CT molecular complexity index is 1170. The van der Waals surface area contributed by atoms with Gasteiger partial charge in [0, 0.05) is 23.7 Å². The molecule has 2 N–H and O–H groups in total. The highest BCUT2D eigenvalue weighted by Crippen LogP contribution is 2.34. The number of methoxy groups -OCH3 is 2. The monoisotopic (exact) mass is 509 g/mol. The molecule has 3 aromatic rings. The Hall–Kier alpha value is -3.85. The van der Waals surface area contributed by atoms with E-state index in [0.717, 1.165) is 0 Å². The van der Waals surface area contributed by atoms with Gasteiger partial charge in [0.25, 0.3) is 5.91 Å². The number of nitrogens with one attached hydrogen (secondary N) is 2. The highest BCUT2D eigenvalue weighted by atomic mass is 32.1. The van der Waals surface area contributed by atoms with Crippen molar-refractivity contribution in [1.82, 2.24) is 10.6 Å². The molecule has 0 radical (unpaired) electrons. The number of nitrogens with zero attached hydrogens (tertiary/aromatic N) is 1. The summed E-state index contributed by atoms with van der Waals surface area (Å²) in [5.74, 6) is -0.306. The van der Waals surface area contributed by atoms with E-state index in [1.807, 2.05) is 26.8 Å². The zero-order chi connectivity index (χ0) is 26.3. The molecule has 0 unspecified atom stereocenters. The molecule has 1 atom stereocenters. The molecule has 3 amide bonds. The van der Waals surface area contributed by atoms with Crippen molar-refractivity contribution in [2.45, 2.75) is 32.4 Å². The number of rotatable bonds is 9. The van der Waals surface area contributed by atoms with Crippen LogP contribution in [0.15, 0.2) is 66.0 Å². The van der Waals surface area contributed by atoms with Crippen LogP contribution in [0.3, 0.4) is 0 Å². The molecule has 0 spiro atoms. The summed E-state index contributed by atoms with van der Waals surface area (Å²) < 4.78 is 10.8. The zero-order valence-electron chi connectivity index (χ0n) is 21.0. The minimum atomic E-state index is -1.02. The first-order chi connectivity index (χ1) is 17.1. The fourth-order valence-electron chi connectivity index (χ4n) is 3.60. The normalized spacial score (nSPS) is 11.8. The van der Waals surface area contributed by atoms with E-state index in [4.69, 9.17) is 9.47 Å². The van der Waals surface area contributed by atoms with E-state index in [-0.39, 0.29) is 18.4 Å². The highest BCUT2D eigenvalue weighted by molar-refractivity contribution is 7.12. The summed E-state index contributed by atoms with van der Waals surface area (Å²) in [4.78, 5) is 41.8. The number of carbonyl (C=O) groups is 3. The van der Waals surface area contributed by atoms with Crippen LogP contribution in [0.25, 0.3) is 0 Å². The van der Waals surface area contributed by atoms with E-state index >= 15 is 0 Å². The van der Waals surface area contributed by atoms with Crippen molar-refractivity contribution in [2.24, 2.45) is 0 Å². The Morgan fingerprint density at radius 3 is 2.11 bits per heavy atom. The van der Waals surface area contributed by atoms with E-state index in [1.54, 1.807) is 60.0 Å². The predicted octanol–water partition coefficient (Wildman–Crippen LogP) is 4.18. The van der Waals surface area contributed by atoms with Crippen molar-refractivity contribution in [3.8, 4) is 11.5 Å². The molecule has 36 heavy (non-hydrogen) atoms.